The number of carbonyl (C=O) groups excluding carboxylic acids is 2. The predicted octanol–water partition coefficient (Wildman–Crippen LogP) is 2.48. The van der Waals surface area contributed by atoms with Crippen LogP contribution in [0.25, 0.3) is 0 Å². The van der Waals surface area contributed by atoms with Crippen LogP contribution < -0.4 is 15.4 Å². The van der Waals surface area contributed by atoms with Crippen molar-refractivity contribution in [3.63, 3.8) is 0 Å². The zero-order valence-electron chi connectivity index (χ0n) is 16.1. The van der Waals surface area contributed by atoms with E-state index in [2.05, 4.69) is 15.6 Å². The van der Waals surface area contributed by atoms with Crippen molar-refractivity contribution in [3.05, 3.63) is 59.9 Å². The number of methoxy groups -OCH3 is 1. The molecule has 0 aliphatic rings. The molecule has 0 unspecified atom stereocenters. The maximum absolute atomic E-state index is 12.6. The highest BCUT2D eigenvalue weighted by atomic mass is 16.5. The first-order chi connectivity index (χ1) is 13.0. The Kier molecular flexibility index (Phi) is 7.79. The fraction of sp³-hybridized carbons (Fsp3) is 0.381. The lowest BCUT2D eigenvalue weighted by Gasteiger charge is -2.20. The maximum Gasteiger partial charge on any atom is 0.242 e. The van der Waals surface area contributed by atoms with E-state index in [9.17, 15) is 9.59 Å². The molecule has 6 heteroatoms. The summed E-state index contributed by atoms with van der Waals surface area (Å²) in [7, 11) is 1.60. The van der Waals surface area contributed by atoms with E-state index in [-0.39, 0.29) is 24.2 Å². The van der Waals surface area contributed by atoms with Gasteiger partial charge in [-0.1, -0.05) is 32.0 Å². The molecule has 0 aliphatic heterocycles. The summed E-state index contributed by atoms with van der Waals surface area (Å²) in [6.07, 6.45) is 4.19. The van der Waals surface area contributed by atoms with Crippen molar-refractivity contribution in [2.24, 2.45) is 5.92 Å². The molecule has 144 valence electrons. The van der Waals surface area contributed by atoms with Crippen LogP contribution in [-0.2, 0) is 22.6 Å². The van der Waals surface area contributed by atoms with Crippen LogP contribution in [0.2, 0.25) is 0 Å². The molecule has 0 saturated heterocycles. The molecule has 27 heavy (non-hydrogen) atoms. The highest BCUT2D eigenvalue weighted by molar-refractivity contribution is 5.88. The molecule has 1 aromatic heterocycles. The first kappa shape index (κ1) is 20.4. The van der Waals surface area contributed by atoms with Gasteiger partial charge in [0.15, 0.2) is 0 Å². The number of rotatable bonds is 9. The Morgan fingerprint density at radius 2 is 1.85 bits per heavy atom. The van der Waals surface area contributed by atoms with Crippen LogP contribution in [0.15, 0.2) is 48.8 Å². The van der Waals surface area contributed by atoms with Crippen LogP contribution >= 0.6 is 0 Å². The van der Waals surface area contributed by atoms with E-state index in [1.165, 1.54) is 0 Å². The van der Waals surface area contributed by atoms with Crippen LogP contribution in [0, 0.1) is 5.92 Å². The molecule has 0 aliphatic carbocycles. The zero-order chi connectivity index (χ0) is 19.6. The molecule has 2 amide bonds. The minimum atomic E-state index is -0.563. The number of ether oxygens (including phenoxy) is 1. The van der Waals surface area contributed by atoms with Gasteiger partial charge in [0.1, 0.15) is 11.8 Å². The lowest BCUT2D eigenvalue weighted by molar-refractivity contribution is -0.129. The Morgan fingerprint density at radius 3 is 2.44 bits per heavy atom. The number of benzene rings is 1. The number of nitrogens with zero attached hydrogens (tertiary/aromatic N) is 1. The highest BCUT2D eigenvalue weighted by Gasteiger charge is 2.21. The van der Waals surface area contributed by atoms with Gasteiger partial charge in [0.25, 0.3) is 0 Å². The van der Waals surface area contributed by atoms with Crippen molar-refractivity contribution >= 4 is 11.8 Å². The van der Waals surface area contributed by atoms with Gasteiger partial charge in [0.2, 0.25) is 11.8 Å². The summed E-state index contributed by atoms with van der Waals surface area (Å²) in [5.74, 6) is 0.657. The molecular weight excluding hydrogens is 342 g/mol. The Hall–Kier alpha value is -2.89. The van der Waals surface area contributed by atoms with Gasteiger partial charge in [-0.3, -0.25) is 14.6 Å². The molecule has 1 atom stereocenters. The first-order valence-corrected chi connectivity index (χ1v) is 9.07. The number of hydrogen-bond donors (Lipinski definition) is 2. The maximum atomic E-state index is 12.6. The zero-order valence-corrected chi connectivity index (χ0v) is 16.1. The number of hydrogen-bond acceptors (Lipinski definition) is 4. The van der Waals surface area contributed by atoms with Gasteiger partial charge in [-0.15, -0.1) is 0 Å². The Labute approximate surface area is 160 Å². The highest BCUT2D eigenvalue weighted by Crippen LogP contribution is 2.12. The smallest absolute Gasteiger partial charge is 0.242 e. The number of pyridine rings is 1. The monoisotopic (exact) mass is 369 g/mol. The molecule has 1 heterocycles. The third kappa shape index (κ3) is 7.09. The van der Waals surface area contributed by atoms with E-state index in [1.54, 1.807) is 19.5 Å². The van der Waals surface area contributed by atoms with Crippen molar-refractivity contribution in [1.82, 2.24) is 15.6 Å². The lowest BCUT2D eigenvalue weighted by atomic mass is 10.0. The summed E-state index contributed by atoms with van der Waals surface area (Å²) in [6.45, 7) is 4.43. The Morgan fingerprint density at radius 1 is 1.11 bits per heavy atom. The number of nitrogens with one attached hydrogen (secondary N) is 2. The Bertz CT molecular complexity index is 730. The molecule has 1 aromatic carbocycles. The number of amides is 2. The molecule has 0 saturated carbocycles. The topological polar surface area (TPSA) is 80.3 Å². The molecular formula is C21H27N3O3. The summed E-state index contributed by atoms with van der Waals surface area (Å²) in [5, 5.41) is 5.74. The van der Waals surface area contributed by atoms with E-state index in [0.29, 0.717) is 13.0 Å². The largest absolute Gasteiger partial charge is 0.497 e. The van der Waals surface area contributed by atoms with Crippen LogP contribution in [0.5, 0.6) is 5.75 Å². The van der Waals surface area contributed by atoms with Gasteiger partial charge in [-0.2, -0.15) is 0 Å². The molecule has 0 fully saturated rings. The van der Waals surface area contributed by atoms with Crippen LogP contribution in [-0.4, -0.2) is 29.9 Å². The summed E-state index contributed by atoms with van der Waals surface area (Å²) in [5.41, 5.74) is 1.78. The average molecular weight is 369 g/mol. The molecule has 0 bridgehead atoms. The van der Waals surface area contributed by atoms with Gasteiger partial charge in [-0.05, 0) is 41.7 Å². The van der Waals surface area contributed by atoms with Gasteiger partial charge in [0, 0.05) is 18.9 Å². The predicted molar refractivity (Wildman–Crippen MR) is 104 cm³/mol. The molecule has 2 rings (SSSR count). The normalized spacial score (nSPS) is 11.7. The quantitative estimate of drug-likeness (QED) is 0.712. The average Bonchev–Trinajstić information content (AvgIpc) is 2.66. The van der Waals surface area contributed by atoms with Crippen LogP contribution in [0.1, 0.15) is 31.4 Å². The van der Waals surface area contributed by atoms with E-state index in [0.717, 1.165) is 16.9 Å². The van der Waals surface area contributed by atoms with Crippen LogP contribution in [0.3, 0.4) is 0 Å². The second-order valence-corrected chi connectivity index (χ2v) is 6.85. The summed E-state index contributed by atoms with van der Waals surface area (Å²) < 4.78 is 5.12. The fourth-order valence-corrected chi connectivity index (χ4v) is 2.69. The fourth-order valence-electron chi connectivity index (χ4n) is 2.69. The standard InChI is InChI=1S/C21H27N3O3/c1-15(2)11-19(21(26)23-14-17-5-4-10-22-13-17)24-20(25)12-16-6-8-18(27-3)9-7-16/h4-10,13,15,19H,11-12,14H2,1-3H3,(H,23,26)(H,24,25)/t19-/m1/s1. The van der Waals surface area contributed by atoms with E-state index in [4.69, 9.17) is 4.74 Å². The van der Waals surface area contributed by atoms with Gasteiger partial charge in [0.05, 0.1) is 13.5 Å². The van der Waals surface area contributed by atoms with Crippen molar-refractivity contribution in [3.8, 4) is 5.75 Å². The third-order valence-electron chi connectivity index (χ3n) is 4.07. The van der Waals surface area contributed by atoms with E-state index in [1.807, 2.05) is 50.2 Å². The van der Waals surface area contributed by atoms with E-state index < -0.39 is 6.04 Å². The third-order valence-corrected chi connectivity index (χ3v) is 4.07. The lowest BCUT2D eigenvalue weighted by Crippen LogP contribution is -2.47. The second kappa shape index (κ2) is 10.3. The van der Waals surface area contributed by atoms with Crippen LogP contribution in [0.4, 0.5) is 0 Å². The Balaban J connectivity index is 1.93. The molecule has 2 aromatic rings. The molecule has 2 N–H and O–H groups in total. The van der Waals surface area contributed by atoms with Crippen molar-refractivity contribution in [2.75, 3.05) is 7.11 Å². The van der Waals surface area contributed by atoms with E-state index >= 15 is 0 Å². The molecule has 0 spiro atoms. The van der Waals surface area contributed by atoms with Crippen molar-refractivity contribution in [2.45, 2.75) is 39.3 Å². The number of aromatic nitrogens is 1. The minimum Gasteiger partial charge on any atom is -0.497 e. The second-order valence-electron chi connectivity index (χ2n) is 6.85. The number of carbonyl (C=O) groups is 2. The SMILES string of the molecule is COc1ccc(CC(=O)N[C@H](CC(C)C)C(=O)NCc2cccnc2)cc1. The van der Waals surface area contributed by atoms with Gasteiger partial charge < -0.3 is 15.4 Å². The summed E-state index contributed by atoms with van der Waals surface area (Å²) in [6, 6.07) is 10.5. The summed E-state index contributed by atoms with van der Waals surface area (Å²) >= 11 is 0. The molecule has 0 radical (unpaired) electrons. The molecule has 6 nitrogen and oxygen atoms in total. The van der Waals surface area contributed by atoms with Gasteiger partial charge >= 0.3 is 0 Å². The van der Waals surface area contributed by atoms with Gasteiger partial charge in [-0.25, -0.2) is 0 Å². The summed E-state index contributed by atoms with van der Waals surface area (Å²) in [4.78, 5) is 29.0. The van der Waals surface area contributed by atoms with Crippen molar-refractivity contribution < 1.29 is 14.3 Å². The minimum absolute atomic E-state index is 0.178. The van der Waals surface area contributed by atoms with Crippen molar-refractivity contribution in [1.29, 1.82) is 0 Å². The first-order valence-electron chi connectivity index (χ1n) is 9.07.